The van der Waals surface area contributed by atoms with E-state index in [1.807, 2.05) is 6.07 Å². The molecule has 1 aromatic rings. The molecule has 0 aromatic carbocycles. The summed E-state index contributed by atoms with van der Waals surface area (Å²) >= 11 is 5.12. The number of aryl methyl sites for hydroxylation is 1. The number of halogens is 1. The third-order valence-corrected chi connectivity index (χ3v) is 3.69. The summed E-state index contributed by atoms with van der Waals surface area (Å²) in [5, 5.41) is 0. The van der Waals surface area contributed by atoms with Crippen molar-refractivity contribution in [3.8, 4) is 0 Å². The van der Waals surface area contributed by atoms with Crippen LogP contribution in [0.1, 0.15) is 16.0 Å². The fraction of sp³-hybridized carbons (Fsp3) is 0.500. The number of hydrogen-bond donors (Lipinski definition) is 0. The van der Waals surface area contributed by atoms with Gasteiger partial charge in [0.05, 0.1) is 4.88 Å². The smallest absolute Gasteiger partial charge is 0.192 e. The summed E-state index contributed by atoms with van der Waals surface area (Å²) in [5.74, 6) is 0. The lowest BCUT2D eigenvalue weighted by atomic mass is 10.4. The van der Waals surface area contributed by atoms with Gasteiger partial charge in [-0.25, -0.2) is 0 Å². The van der Waals surface area contributed by atoms with Gasteiger partial charge in [0.2, 0.25) is 0 Å². The molecule has 0 fully saturated rings. The summed E-state index contributed by atoms with van der Waals surface area (Å²) in [6, 6.07) is 2.03. The second-order valence-electron chi connectivity index (χ2n) is 2.36. The molecule has 1 rings (SSSR count). The lowest BCUT2D eigenvalue weighted by molar-refractivity contribution is -0.103. The number of rotatable bonds is 3. The molecule has 0 aliphatic rings. The molecule has 0 bridgehead atoms. The van der Waals surface area contributed by atoms with Gasteiger partial charge in [0, 0.05) is 23.6 Å². The van der Waals surface area contributed by atoms with Gasteiger partial charge in [-0.3, -0.25) is 0 Å². The molecule has 0 radical (unpaired) electrons. The first-order valence-corrected chi connectivity index (χ1v) is 5.11. The van der Waals surface area contributed by atoms with Gasteiger partial charge in [0.1, 0.15) is 0 Å². The van der Waals surface area contributed by atoms with Crippen LogP contribution in [0, 0.1) is 6.92 Å². The average molecular weight is 251 g/mol. The predicted octanol–water partition coefficient (Wildman–Crippen LogP) is 3.11. The molecule has 0 saturated heterocycles. The minimum Gasteiger partial charge on any atom is -0.351 e. The van der Waals surface area contributed by atoms with Crippen LogP contribution in [-0.4, -0.2) is 14.2 Å². The summed E-state index contributed by atoms with van der Waals surface area (Å²) < 4.78 is 11.4. The van der Waals surface area contributed by atoms with Crippen LogP contribution >= 0.6 is 27.3 Å². The van der Waals surface area contributed by atoms with E-state index in [0.717, 1.165) is 9.35 Å². The van der Waals surface area contributed by atoms with Crippen molar-refractivity contribution in [1.29, 1.82) is 0 Å². The van der Waals surface area contributed by atoms with Crippen molar-refractivity contribution in [2.45, 2.75) is 13.2 Å². The molecular weight excluding hydrogens is 240 g/mol. The molecule has 12 heavy (non-hydrogen) atoms. The van der Waals surface area contributed by atoms with Gasteiger partial charge >= 0.3 is 0 Å². The molecule has 0 atom stereocenters. The van der Waals surface area contributed by atoms with Crippen molar-refractivity contribution in [3.63, 3.8) is 0 Å². The molecule has 0 spiro atoms. The zero-order valence-electron chi connectivity index (χ0n) is 7.26. The largest absolute Gasteiger partial charge is 0.351 e. The molecule has 0 unspecified atom stereocenters. The van der Waals surface area contributed by atoms with Gasteiger partial charge in [-0.05, 0) is 28.9 Å². The minimum atomic E-state index is -0.236. The highest BCUT2D eigenvalue weighted by Gasteiger charge is 2.12. The van der Waals surface area contributed by atoms with Crippen LogP contribution in [0.2, 0.25) is 0 Å². The van der Waals surface area contributed by atoms with Gasteiger partial charge in [0.25, 0.3) is 0 Å². The molecule has 1 heterocycles. The van der Waals surface area contributed by atoms with Gasteiger partial charge in [-0.1, -0.05) is 0 Å². The molecule has 1 aromatic heterocycles. The van der Waals surface area contributed by atoms with E-state index in [4.69, 9.17) is 9.47 Å². The molecular formula is C8H11BrO2S. The van der Waals surface area contributed by atoms with E-state index in [2.05, 4.69) is 22.9 Å². The number of ether oxygens (including phenoxy) is 2. The number of thiophene rings is 1. The zero-order chi connectivity index (χ0) is 9.14. The van der Waals surface area contributed by atoms with Crippen molar-refractivity contribution in [1.82, 2.24) is 0 Å². The number of methoxy groups -OCH3 is 2. The Hall–Kier alpha value is 0.1000. The van der Waals surface area contributed by atoms with Gasteiger partial charge in [-0.2, -0.15) is 0 Å². The van der Waals surface area contributed by atoms with E-state index < -0.39 is 0 Å². The maximum absolute atomic E-state index is 5.12. The Balaban J connectivity index is 2.86. The summed E-state index contributed by atoms with van der Waals surface area (Å²) in [6.07, 6.45) is -0.236. The average Bonchev–Trinajstić information content (AvgIpc) is 2.35. The second kappa shape index (κ2) is 4.37. The lowest BCUT2D eigenvalue weighted by Gasteiger charge is -2.09. The topological polar surface area (TPSA) is 18.5 Å². The fourth-order valence-electron chi connectivity index (χ4n) is 0.926. The van der Waals surface area contributed by atoms with Crippen LogP contribution in [0.15, 0.2) is 10.5 Å². The highest BCUT2D eigenvalue weighted by molar-refractivity contribution is 9.10. The van der Waals surface area contributed by atoms with Crippen molar-refractivity contribution >= 4 is 27.3 Å². The fourth-order valence-corrected chi connectivity index (χ4v) is 2.54. The maximum atomic E-state index is 5.12. The van der Waals surface area contributed by atoms with E-state index in [1.165, 1.54) is 4.88 Å². The second-order valence-corrected chi connectivity index (χ2v) is 4.50. The van der Waals surface area contributed by atoms with Crippen LogP contribution in [0.4, 0.5) is 0 Å². The lowest BCUT2D eigenvalue weighted by Crippen LogP contribution is -2.00. The van der Waals surface area contributed by atoms with Crippen molar-refractivity contribution in [2.75, 3.05) is 14.2 Å². The molecule has 0 aliphatic carbocycles. The maximum Gasteiger partial charge on any atom is 0.192 e. The first kappa shape index (κ1) is 10.2. The molecule has 0 saturated carbocycles. The quantitative estimate of drug-likeness (QED) is 0.768. The van der Waals surface area contributed by atoms with Gasteiger partial charge in [0.15, 0.2) is 6.29 Å². The van der Waals surface area contributed by atoms with E-state index >= 15 is 0 Å². The van der Waals surface area contributed by atoms with E-state index in [-0.39, 0.29) is 6.29 Å². The first-order chi connectivity index (χ1) is 5.69. The first-order valence-electron chi connectivity index (χ1n) is 3.50. The van der Waals surface area contributed by atoms with Crippen LogP contribution in [0.3, 0.4) is 0 Å². The highest BCUT2D eigenvalue weighted by Crippen LogP contribution is 2.31. The van der Waals surface area contributed by atoms with Gasteiger partial charge < -0.3 is 9.47 Å². The zero-order valence-corrected chi connectivity index (χ0v) is 9.66. The Morgan fingerprint density at radius 2 is 2.00 bits per heavy atom. The summed E-state index contributed by atoms with van der Waals surface area (Å²) in [5.41, 5.74) is 0. The Morgan fingerprint density at radius 1 is 1.42 bits per heavy atom. The predicted molar refractivity (Wildman–Crippen MR) is 53.5 cm³/mol. The monoisotopic (exact) mass is 250 g/mol. The van der Waals surface area contributed by atoms with Crippen molar-refractivity contribution in [3.05, 3.63) is 20.3 Å². The molecule has 68 valence electrons. The summed E-state index contributed by atoms with van der Waals surface area (Å²) in [7, 11) is 3.27. The van der Waals surface area contributed by atoms with E-state index in [1.54, 1.807) is 25.6 Å². The van der Waals surface area contributed by atoms with E-state index in [9.17, 15) is 0 Å². The molecule has 4 heteroatoms. The van der Waals surface area contributed by atoms with Crippen molar-refractivity contribution < 1.29 is 9.47 Å². The summed E-state index contributed by atoms with van der Waals surface area (Å²) in [6.45, 7) is 2.06. The van der Waals surface area contributed by atoms with Crippen LogP contribution in [0.5, 0.6) is 0 Å². The normalized spacial score (nSPS) is 11.1. The molecule has 0 amide bonds. The molecule has 0 N–H and O–H groups in total. The SMILES string of the molecule is COC(OC)c1cc(Br)c(C)s1. The highest BCUT2D eigenvalue weighted by atomic mass is 79.9. The van der Waals surface area contributed by atoms with E-state index in [0.29, 0.717) is 0 Å². The van der Waals surface area contributed by atoms with Crippen molar-refractivity contribution in [2.24, 2.45) is 0 Å². The Bertz CT molecular complexity index is 236. The minimum absolute atomic E-state index is 0.236. The third kappa shape index (κ3) is 2.07. The Morgan fingerprint density at radius 3 is 2.33 bits per heavy atom. The van der Waals surface area contributed by atoms with Crippen LogP contribution in [-0.2, 0) is 9.47 Å². The number of hydrogen-bond acceptors (Lipinski definition) is 3. The Labute approximate surface area is 84.6 Å². The van der Waals surface area contributed by atoms with Gasteiger partial charge in [-0.15, -0.1) is 11.3 Å². The van der Waals surface area contributed by atoms with Crippen LogP contribution in [0.25, 0.3) is 0 Å². The molecule has 2 nitrogen and oxygen atoms in total. The summed E-state index contributed by atoms with van der Waals surface area (Å²) in [4.78, 5) is 2.33. The molecule has 0 aliphatic heterocycles. The van der Waals surface area contributed by atoms with Crippen LogP contribution < -0.4 is 0 Å². The third-order valence-electron chi connectivity index (χ3n) is 1.54. The standard InChI is InChI=1S/C8H11BrO2S/c1-5-6(9)4-7(12-5)8(10-2)11-3/h4,8H,1-3H3. The Kier molecular flexibility index (Phi) is 3.71.